The van der Waals surface area contributed by atoms with Crippen molar-refractivity contribution in [2.75, 3.05) is 11.0 Å². The first-order valence-corrected chi connectivity index (χ1v) is 7.99. The number of unbranched alkanes of at least 4 members (excludes halogenated alkanes) is 3. The summed E-state index contributed by atoms with van der Waals surface area (Å²) in [6.45, 7) is 0.496. The molecule has 0 heterocycles. The summed E-state index contributed by atoms with van der Waals surface area (Å²) in [4.78, 5) is 11.7. The van der Waals surface area contributed by atoms with E-state index in [-0.39, 0.29) is 5.56 Å². The average molecular weight is 399 g/mol. The molecule has 6 heteroatoms. The third-order valence-corrected chi connectivity index (χ3v) is 3.56. The normalized spacial score (nSPS) is 11.4. The van der Waals surface area contributed by atoms with Gasteiger partial charge in [-0.1, -0.05) is 41.5 Å². The van der Waals surface area contributed by atoms with Crippen LogP contribution in [0.4, 0.5) is 13.2 Å². The number of hydrogen-bond acceptors (Lipinski definition) is 1. The van der Waals surface area contributed by atoms with Gasteiger partial charge in [-0.25, -0.2) is 0 Å². The van der Waals surface area contributed by atoms with Crippen molar-refractivity contribution in [3.63, 3.8) is 0 Å². The monoisotopic (exact) mass is 399 g/mol. The van der Waals surface area contributed by atoms with Gasteiger partial charge >= 0.3 is 6.18 Å². The molecule has 0 saturated carbocycles. The van der Waals surface area contributed by atoms with Gasteiger partial charge in [0, 0.05) is 12.1 Å². The second-order valence-electron chi connectivity index (χ2n) is 4.44. The SMILES string of the molecule is O=C(NCCCCCCI)c1cccc(C(F)(F)F)c1. The lowest BCUT2D eigenvalue weighted by molar-refractivity contribution is -0.137. The van der Waals surface area contributed by atoms with E-state index in [1.165, 1.54) is 12.1 Å². The fourth-order valence-electron chi connectivity index (χ4n) is 1.71. The molecule has 1 aromatic carbocycles. The molecule has 2 nitrogen and oxygen atoms in total. The van der Waals surface area contributed by atoms with Crippen molar-refractivity contribution in [3.8, 4) is 0 Å². The van der Waals surface area contributed by atoms with E-state index in [0.717, 1.165) is 42.2 Å². The average Bonchev–Trinajstić information content (AvgIpc) is 2.41. The molecule has 0 aliphatic rings. The summed E-state index contributed by atoms with van der Waals surface area (Å²) in [5, 5.41) is 2.65. The Kier molecular flexibility index (Phi) is 7.32. The van der Waals surface area contributed by atoms with Crippen LogP contribution in [0.3, 0.4) is 0 Å². The Morgan fingerprint density at radius 2 is 1.85 bits per heavy atom. The first kappa shape index (κ1) is 17.3. The summed E-state index contributed by atoms with van der Waals surface area (Å²) in [5.41, 5.74) is -0.751. The highest BCUT2D eigenvalue weighted by molar-refractivity contribution is 14.1. The molecule has 0 fully saturated rings. The fourth-order valence-corrected chi connectivity index (χ4v) is 2.25. The Balaban J connectivity index is 2.44. The number of carbonyl (C=O) groups excluding carboxylic acids is 1. The quantitative estimate of drug-likeness (QED) is 0.410. The maximum Gasteiger partial charge on any atom is 0.416 e. The van der Waals surface area contributed by atoms with Gasteiger partial charge in [-0.2, -0.15) is 13.2 Å². The molecule has 0 aliphatic carbocycles. The number of alkyl halides is 4. The minimum absolute atomic E-state index is 0.0482. The number of halogens is 4. The van der Waals surface area contributed by atoms with E-state index in [0.29, 0.717) is 6.54 Å². The summed E-state index contributed by atoms with van der Waals surface area (Å²) >= 11 is 2.31. The van der Waals surface area contributed by atoms with Crippen LogP contribution in [0.1, 0.15) is 41.6 Å². The Morgan fingerprint density at radius 3 is 2.50 bits per heavy atom. The second kappa shape index (κ2) is 8.49. The van der Waals surface area contributed by atoms with Gasteiger partial charge in [-0.05, 0) is 35.5 Å². The molecule has 20 heavy (non-hydrogen) atoms. The number of nitrogens with one attached hydrogen (secondary N) is 1. The van der Waals surface area contributed by atoms with Gasteiger partial charge in [0.1, 0.15) is 0 Å². The van der Waals surface area contributed by atoms with Gasteiger partial charge in [0.2, 0.25) is 0 Å². The van der Waals surface area contributed by atoms with Gasteiger partial charge in [0.05, 0.1) is 5.56 Å². The number of rotatable bonds is 7. The summed E-state index contributed by atoms with van der Waals surface area (Å²) in [7, 11) is 0. The van der Waals surface area contributed by atoms with Crippen LogP contribution in [0.15, 0.2) is 24.3 Å². The highest BCUT2D eigenvalue weighted by atomic mass is 127. The van der Waals surface area contributed by atoms with Gasteiger partial charge < -0.3 is 5.32 Å². The number of benzene rings is 1. The van der Waals surface area contributed by atoms with Crippen LogP contribution < -0.4 is 5.32 Å². The lowest BCUT2D eigenvalue weighted by Crippen LogP contribution is -2.24. The fraction of sp³-hybridized carbons (Fsp3) is 0.500. The topological polar surface area (TPSA) is 29.1 Å². The zero-order chi connectivity index (χ0) is 15.0. The van der Waals surface area contributed by atoms with Gasteiger partial charge in [-0.3, -0.25) is 4.79 Å². The van der Waals surface area contributed by atoms with Gasteiger partial charge in [0.15, 0.2) is 0 Å². The van der Waals surface area contributed by atoms with Crippen LogP contribution in [-0.4, -0.2) is 16.9 Å². The summed E-state index contributed by atoms with van der Waals surface area (Å²) in [6, 6.07) is 4.48. The maximum atomic E-state index is 12.5. The second-order valence-corrected chi connectivity index (χ2v) is 5.52. The molecule has 1 N–H and O–H groups in total. The standard InChI is InChI=1S/C14H17F3INO/c15-14(16,17)12-7-5-6-11(10-12)13(20)19-9-4-2-1-3-8-18/h5-7,10H,1-4,8-9H2,(H,19,20). The molecule has 1 aromatic rings. The number of hydrogen-bond donors (Lipinski definition) is 1. The van der Waals surface area contributed by atoms with Gasteiger partial charge in [0.25, 0.3) is 5.91 Å². The van der Waals surface area contributed by atoms with Crippen molar-refractivity contribution in [2.45, 2.75) is 31.9 Å². The smallest absolute Gasteiger partial charge is 0.352 e. The number of carbonyl (C=O) groups is 1. The van der Waals surface area contributed by atoms with Crippen LogP contribution in [0, 0.1) is 0 Å². The first-order chi connectivity index (χ1) is 9.45. The minimum Gasteiger partial charge on any atom is -0.352 e. The zero-order valence-corrected chi connectivity index (χ0v) is 13.1. The minimum atomic E-state index is -4.42. The van der Waals surface area contributed by atoms with Gasteiger partial charge in [-0.15, -0.1) is 0 Å². The van der Waals surface area contributed by atoms with Crippen LogP contribution in [0.2, 0.25) is 0 Å². The molecule has 1 rings (SSSR count). The Morgan fingerprint density at radius 1 is 1.15 bits per heavy atom. The van der Waals surface area contributed by atoms with Crippen LogP contribution in [-0.2, 0) is 6.18 Å². The molecular weight excluding hydrogens is 382 g/mol. The van der Waals surface area contributed by atoms with Crippen molar-refractivity contribution >= 4 is 28.5 Å². The Hall–Kier alpha value is -0.790. The van der Waals surface area contributed by atoms with E-state index in [4.69, 9.17) is 0 Å². The third-order valence-electron chi connectivity index (χ3n) is 2.80. The molecule has 1 amide bonds. The lowest BCUT2D eigenvalue weighted by atomic mass is 10.1. The van der Waals surface area contributed by atoms with Crippen molar-refractivity contribution < 1.29 is 18.0 Å². The Bertz CT molecular complexity index is 435. The molecule has 0 bridgehead atoms. The molecule has 0 aromatic heterocycles. The van der Waals surface area contributed by atoms with Crippen molar-refractivity contribution in [2.24, 2.45) is 0 Å². The predicted octanol–water partition coefficient (Wildman–Crippen LogP) is 4.43. The molecule has 0 aliphatic heterocycles. The molecule has 0 radical (unpaired) electrons. The number of amides is 1. The first-order valence-electron chi connectivity index (χ1n) is 6.46. The van der Waals surface area contributed by atoms with E-state index in [2.05, 4.69) is 27.9 Å². The Labute approximate surface area is 130 Å². The molecule has 0 saturated heterocycles. The zero-order valence-electron chi connectivity index (χ0n) is 11.0. The molecular formula is C14H17F3INO. The third kappa shape index (κ3) is 6.11. The van der Waals surface area contributed by atoms with Crippen LogP contribution in [0.25, 0.3) is 0 Å². The van der Waals surface area contributed by atoms with Crippen molar-refractivity contribution in [1.29, 1.82) is 0 Å². The lowest BCUT2D eigenvalue weighted by Gasteiger charge is -2.09. The molecule has 0 unspecified atom stereocenters. The summed E-state index contributed by atoms with van der Waals surface area (Å²) in [5.74, 6) is -0.454. The highest BCUT2D eigenvalue weighted by Crippen LogP contribution is 2.29. The summed E-state index contributed by atoms with van der Waals surface area (Å²) < 4.78 is 38.7. The summed E-state index contributed by atoms with van der Waals surface area (Å²) in [6.07, 6.45) is -0.284. The van der Waals surface area contributed by atoms with Crippen LogP contribution >= 0.6 is 22.6 Å². The molecule has 112 valence electrons. The molecule has 0 atom stereocenters. The largest absolute Gasteiger partial charge is 0.416 e. The van der Waals surface area contributed by atoms with Crippen molar-refractivity contribution in [1.82, 2.24) is 5.32 Å². The van der Waals surface area contributed by atoms with E-state index in [9.17, 15) is 18.0 Å². The van der Waals surface area contributed by atoms with E-state index in [1.54, 1.807) is 0 Å². The van der Waals surface area contributed by atoms with E-state index >= 15 is 0 Å². The van der Waals surface area contributed by atoms with Crippen molar-refractivity contribution in [3.05, 3.63) is 35.4 Å². The van der Waals surface area contributed by atoms with Crippen LogP contribution in [0.5, 0.6) is 0 Å². The predicted molar refractivity (Wildman–Crippen MR) is 81.1 cm³/mol. The van der Waals surface area contributed by atoms with E-state index in [1.807, 2.05) is 0 Å². The molecule has 0 spiro atoms. The highest BCUT2D eigenvalue weighted by Gasteiger charge is 2.30. The van der Waals surface area contributed by atoms with E-state index < -0.39 is 17.6 Å². The maximum absolute atomic E-state index is 12.5.